The molecule has 0 fully saturated rings. The molecule has 0 aromatic heterocycles. The Morgan fingerprint density at radius 3 is 2.72 bits per heavy atom. The van der Waals surface area contributed by atoms with Gasteiger partial charge in [-0.05, 0) is 37.0 Å². The highest BCUT2D eigenvalue weighted by Gasteiger charge is 2.07. The van der Waals surface area contributed by atoms with E-state index in [2.05, 4.69) is 0 Å². The van der Waals surface area contributed by atoms with Crippen LogP contribution in [0.1, 0.15) is 18.4 Å². The van der Waals surface area contributed by atoms with Gasteiger partial charge in [0.05, 0.1) is 7.11 Å². The topological polar surface area (TPSA) is 69.4 Å². The lowest BCUT2D eigenvalue weighted by Gasteiger charge is -2.12. The summed E-state index contributed by atoms with van der Waals surface area (Å²) in [4.78, 5) is 0. The van der Waals surface area contributed by atoms with Crippen LogP contribution < -0.4 is 10.5 Å². The second-order valence-corrected chi connectivity index (χ2v) is 6.85. The number of hydrogen-bond acceptors (Lipinski definition) is 4. The van der Waals surface area contributed by atoms with Gasteiger partial charge in [0.15, 0.2) is 0 Å². The third-order valence-corrected chi connectivity index (χ3v) is 3.75. The van der Waals surface area contributed by atoms with Gasteiger partial charge in [-0.15, -0.1) is 0 Å². The summed E-state index contributed by atoms with van der Waals surface area (Å²) in [6, 6.07) is 7.75. The lowest BCUT2D eigenvalue weighted by atomic mass is 10.0. The summed E-state index contributed by atoms with van der Waals surface area (Å²) in [5.41, 5.74) is 7.10. The van der Waals surface area contributed by atoms with Gasteiger partial charge in [-0.1, -0.05) is 12.1 Å². The first kappa shape index (κ1) is 15.0. The van der Waals surface area contributed by atoms with Crippen LogP contribution in [0.15, 0.2) is 24.3 Å². The number of ether oxygens (including phenoxy) is 1. The van der Waals surface area contributed by atoms with Gasteiger partial charge in [0.1, 0.15) is 15.6 Å². The van der Waals surface area contributed by atoms with Gasteiger partial charge in [-0.25, -0.2) is 8.42 Å². The average Bonchev–Trinajstić information content (AvgIpc) is 2.27. The van der Waals surface area contributed by atoms with Crippen molar-refractivity contribution in [3.05, 3.63) is 29.8 Å². The molecule has 0 radical (unpaired) electrons. The van der Waals surface area contributed by atoms with Crippen LogP contribution >= 0.6 is 0 Å². The molecule has 0 aliphatic heterocycles. The van der Waals surface area contributed by atoms with Crippen molar-refractivity contribution in [1.29, 1.82) is 0 Å². The van der Waals surface area contributed by atoms with Gasteiger partial charge in [-0.3, -0.25) is 0 Å². The fraction of sp³-hybridized carbons (Fsp3) is 0.538. The first-order chi connectivity index (χ1) is 8.40. The Hall–Kier alpha value is -1.07. The minimum absolute atomic E-state index is 0.0149. The summed E-state index contributed by atoms with van der Waals surface area (Å²) in [5.74, 6) is 1.02. The van der Waals surface area contributed by atoms with E-state index >= 15 is 0 Å². The standard InChI is InChI=1S/C13H21NO3S/c1-17-13-7-3-5-11(10-13)9-12(14)6-4-8-18(2,15)16/h3,5,7,10,12H,4,6,8-9,14H2,1-2H3. The number of sulfone groups is 1. The molecule has 0 heterocycles. The Bertz CT molecular complexity index is 471. The van der Waals surface area contributed by atoms with Crippen LogP contribution in [-0.4, -0.2) is 33.6 Å². The van der Waals surface area contributed by atoms with Gasteiger partial charge in [-0.2, -0.15) is 0 Å². The molecule has 0 aliphatic rings. The zero-order valence-electron chi connectivity index (χ0n) is 10.9. The number of methoxy groups -OCH3 is 1. The quantitative estimate of drug-likeness (QED) is 0.813. The number of nitrogens with two attached hydrogens (primary N) is 1. The maximum absolute atomic E-state index is 11.0. The molecular weight excluding hydrogens is 250 g/mol. The molecule has 1 aromatic rings. The Balaban J connectivity index is 2.41. The Labute approximate surface area is 109 Å². The molecule has 1 aromatic carbocycles. The van der Waals surface area contributed by atoms with Crippen molar-refractivity contribution in [2.24, 2.45) is 5.73 Å². The molecule has 0 bridgehead atoms. The lowest BCUT2D eigenvalue weighted by molar-refractivity contribution is 0.414. The van der Waals surface area contributed by atoms with Crippen molar-refractivity contribution in [3.8, 4) is 5.75 Å². The highest BCUT2D eigenvalue weighted by molar-refractivity contribution is 7.90. The summed E-state index contributed by atoms with van der Waals surface area (Å²) in [7, 11) is -1.25. The molecule has 102 valence electrons. The van der Waals surface area contributed by atoms with Crippen LogP contribution in [0.5, 0.6) is 5.75 Å². The second-order valence-electron chi connectivity index (χ2n) is 4.59. The average molecular weight is 271 g/mol. The van der Waals surface area contributed by atoms with Crippen molar-refractivity contribution in [1.82, 2.24) is 0 Å². The van der Waals surface area contributed by atoms with Crippen LogP contribution in [0.4, 0.5) is 0 Å². The van der Waals surface area contributed by atoms with Crippen molar-refractivity contribution < 1.29 is 13.2 Å². The van der Waals surface area contributed by atoms with E-state index in [0.29, 0.717) is 12.8 Å². The number of benzene rings is 1. The molecule has 0 saturated heterocycles. The molecule has 4 nitrogen and oxygen atoms in total. The molecule has 0 saturated carbocycles. The predicted octanol–water partition coefficient (Wildman–Crippen LogP) is 1.39. The lowest BCUT2D eigenvalue weighted by Crippen LogP contribution is -2.23. The van der Waals surface area contributed by atoms with Crippen molar-refractivity contribution >= 4 is 9.84 Å². The van der Waals surface area contributed by atoms with E-state index in [0.717, 1.165) is 17.7 Å². The predicted molar refractivity (Wildman–Crippen MR) is 73.6 cm³/mol. The molecule has 18 heavy (non-hydrogen) atoms. The SMILES string of the molecule is COc1cccc(CC(N)CCCS(C)(=O)=O)c1. The van der Waals surface area contributed by atoms with E-state index in [1.807, 2.05) is 24.3 Å². The summed E-state index contributed by atoms with van der Waals surface area (Å²) >= 11 is 0. The zero-order valence-corrected chi connectivity index (χ0v) is 11.7. The van der Waals surface area contributed by atoms with E-state index in [-0.39, 0.29) is 11.8 Å². The third-order valence-electron chi connectivity index (χ3n) is 2.72. The summed E-state index contributed by atoms with van der Waals surface area (Å²) in [6.45, 7) is 0. The summed E-state index contributed by atoms with van der Waals surface area (Å²) in [5, 5.41) is 0. The fourth-order valence-corrected chi connectivity index (χ4v) is 2.50. The van der Waals surface area contributed by atoms with Gasteiger partial charge in [0.25, 0.3) is 0 Å². The largest absolute Gasteiger partial charge is 0.497 e. The van der Waals surface area contributed by atoms with Crippen molar-refractivity contribution in [3.63, 3.8) is 0 Å². The third kappa shape index (κ3) is 6.02. The zero-order chi connectivity index (χ0) is 13.6. The normalized spacial score (nSPS) is 13.3. The molecule has 1 unspecified atom stereocenters. The van der Waals surface area contributed by atoms with E-state index in [1.54, 1.807) is 7.11 Å². The molecule has 0 amide bonds. The van der Waals surface area contributed by atoms with E-state index in [4.69, 9.17) is 10.5 Å². The molecule has 0 aliphatic carbocycles. The van der Waals surface area contributed by atoms with Crippen molar-refractivity contribution in [2.45, 2.75) is 25.3 Å². The number of hydrogen-bond donors (Lipinski definition) is 1. The molecule has 1 atom stereocenters. The number of rotatable bonds is 7. The van der Waals surface area contributed by atoms with Crippen LogP contribution in [0, 0.1) is 0 Å². The Morgan fingerprint density at radius 1 is 1.39 bits per heavy atom. The van der Waals surface area contributed by atoms with Gasteiger partial charge < -0.3 is 10.5 Å². The van der Waals surface area contributed by atoms with E-state index in [1.165, 1.54) is 6.26 Å². The highest BCUT2D eigenvalue weighted by Crippen LogP contribution is 2.14. The van der Waals surface area contributed by atoms with Crippen LogP contribution in [0.25, 0.3) is 0 Å². The minimum Gasteiger partial charge on any atom is -0.497 e. The fourth-order valence-electron chi connectivity index (χ4n) is 1.81. The first-order valence-electron chi connectivity index (χ1n) is 5.97. The maximum atomic E-state index is 11.0. The van der Waals surface area contributed by atoms with E-state index in [9.17, 15) is 8.42 Å². The van der Waals surface area contributed by atoms with Gasteiger partial charge in [0.2, 0.25) is 0 Å². The van der Waals surface area contributed by atoms with Gasteiger partial charge in [0, 0.05) is 18.1 Å². The Morgan fingerprint density at radius 2 is 2.11 bits per heavy atom. The van der Waals surface area contributed by atoms with Crippen LogP contribution in [0.2, 0.25) is 0 Å². The smallest absolute Gasteiger partial charge is 0.147 e. The van der Waals surface area contributed by atoms with Crippen LogP contribution in [0.3, 0.4) is 0 Å². The maximum Gasteiger partial charge on any atom is 0.147 e. The Kier molecular flexibility index (Phi) is 5.62. The molecular formula is C13H21NO3S. The summed E-state index contributed by atoms with van der Waals surface area (Å²) < 4.78 is 27.1. The van der Waals surface area contributed by atoms with Gasteiger partial charge >= 0.3 is 0 Å². The van der Waals surface area contributed by atoms with Crippen molar-refractivity contribution in [2.75, 3.05) is 19.1 Å². The molecule has 5 heteroatoms. The molecule has 1 rings (SSSR count). The molecule has 2 N–H and O–H groups in total. The summed E-state index contributed by atoms with van der Waals surface area (Å²) in [6.07, 6.45) is 3.32. The van der Waals surface area contributed by atoms with Crippen LogP contribution in [-0.2, 0) is 16.3 Å². The molecule has 0 spiro atoms. The van der Waals surface area contributed by atoms with E-state index < -0.39 is 9.84 Å². The highest BCUT2D eigenvalue weighted by atomic mass is 32.2. The minimum atomic E-state index is -2.88. The first-order valence-corrected chi connectivity index (χ1v) is 8.03. The monoisotopic (exact) mass is 271 g/mol. The second kappa shape index (κ2) is 6.75.